The monoisotopic (exact) mass is 442 g/mol. The molecule has 1 amide bonds. The van der Waals surface area contributed by atoms with Gasteiger partial charge >= 0.3 is 0 Å². The SMILES string of the molecule is COc1ccc(C)cc1NC(=O)CN(c1ccccc1F)S(=O)(=O)c1ccc(C)cc1. The molecule has 0 saturated carbocycles. The van der Waals surface area contributed by atoms with E-state index in [9.17, 15) is 17.6 Å². The second-order valence-corrected chi connectivity index (χ2v) is 8.89. The zero-order valence-electron chi connectivity index (χ0n) is 17.4. The quantitative estimate of drug-likeness (QED) is 0.592. The largest absolute Gasteiger partial charge is 0.495 e. The number of ether oxygens (including phenoxy) is 1. The summed E-state index contributed by atoms with van der Waals surface area (Å²) < 4.78 is 47.2. The Labute approximate surface area is 181 Å². The number of carbonyl (C=O) groups is 1. The van der Waals surface area contributed by atoms with Crippen LogP contribution in [0.2, 0.25) is 0 Å². The third kappa shape index (κ3) is 5.03. The third-order valence-electron chi connectivity index (χ3n) is 4.65. The molecule has 1 N–H and O–H groups in total. The number of sulfonamides is 1. The lowest BCUT2D eigenvalue weighted by molar-refractivity contribution is -0.114. The van der Waals surface area contributed by atoms with Gasteiger partial charge in [-0.05, 0) is 55.8 Å². The Morgan fingerprint density at radius 2 is 1.65 bits per heavy atom. The van der Waals surface area contributed by atoms with Gasteiger partial charge in [-0.25, -0.2) is 12.8 Å². The fourth-order valence-corrected chi connectivity index (χ4v) is 4.46. The predicted octanol–water partition coefficient (Wildman–Crippen LogP) is 4.29. The standard InChI is InChI=1S/C23H23FN2O4S/c1-16-8-11-18(12-9-16)31(28,29)26(21-7-5-4-6-19(21)24)15-23(27)25-20-14-17(2)10-13-22(20)30-3/h4-14H,15H2,1-3H3,(H,25,27). The van der Waals surface area contributed by atoms with Crippen molar-refractivity contribution in [2.24, 2.45) is 0 Å². The Balaban J connectivity index is 1.98. The molecule has 31 heavy (non-hydrogen) atoms. The van der Waals surface area contributed by atoms with Crippen LogP contribution in [0, 0.1) is 19.7 Å². The number of hydrogen-bond acceptors (Lipinski definition) is 4. The summed E-state index contributed by atoms with van der Waals surface area (Å²) in [6.45, 7) is 3.06. The van der Waals surface area contributed by atoms with Gasteiger partial charge in [0, 0.05) is 0 Å². The van der Waals surface area contributed by atoms with Crippen molar-refractivity contribution in [3.05, 3.63) is 83.7 Å². The lowest BCUT2D eigenvalue weighted by atomic mass is 10.2. The van der Waals surface area contributed by atoms with Crippen molar-refractivity contribution in [2.75, 3.05) is 23.3 Å². The van der Waals surface area contributed by atoms with E-state index in [1.54, 1.807) is 24.3 Å². The van der Waals surface area contributed by atoms with Crippen LogP contribution >= 0.6 is 0 Å². The van der Waals surface area contributed by atoms with Crippen molar-refractivity contribution >= 4 is 27.3 Å². The average molecular weight is 443 g/mol. The zero-order valence-corrected chi connectivity index (χ0v) is 18.2. The minimum absolute atomic E-state index is 0.0395. The molecular weight excluding hydrogens is 419 g/mol. The van der Waals surface area contributed by atoms with Crippen molar-refractivity contribution in [3.8, 4) is 5.75 Å². The molecule has 3 aromatic rings. The van der Waals surface area contributed by atoms with Gasteiger partial charge < -0.3 is 10.1 Å². The number of para-hydroxylation sites is 1. The molecular formula is C23H23FN2O4S. The van der Waals surface area contributed by atoms with E-state index in [0.29, 0.717) is 11.4 Å². The van der Waals surface area contributed by atoms with Crippen LogP contribution in [-0.4, -0.2) is 28.0 Å². The molecule has 0 unspecified atom stereocenters. The van der Waals surface area contributed by atoms with Crippen LogP contribution < -0.4 is 14.4 Å². The van der Waals surface area contributed by atoms with Crippen molar-refractivity contribution in [3.63, 3.8) is 0 Å². The number of nitrogens with one attached hydrogen (secondary N) is 1. The number of anilines is 2. The van der Waals surface area contributed by atoms with Crippen molar-refractivity contribution in [1.29, 1.82) is 0 Å². The molecule has 3 aromatic carbocycles. The number of nitrogens with zero attached hydrogens (tertiary/aromatic N) is 1. The maximum Gasteiger partial charge on any atom is 0.264 e. The fourth-order valence-electron chi connectivity index (χ4n) is 3.03. The van der Waals surface area contributed by atoms with Crippen LogP contribution in [0.5, 0.6) is 5.75 Å². The first-order valence-corrected chi connectivity index (χ1v) is 10.9. The summed E-state index contributed by atoms with van der Waals surface area (Å²) in [6, 6.07) is 16.8. The number of halogens is 1. The zero-order chi connectivity index (χ0) is 22.6. The highest BCUT2D eigenvalue weighted by molar-refractivity contribution is 7.92. The van der Waals surface area contributed by atoms with Gasteiger partial charge in [-0.2, -0.15) is 0 Å². The van der Waals surface area contributed by atoms with E-state index in [0.717, 1.165) is 21.5 Å². The molecule has 0 radical (unpaired) electrons. The predicted molar refractivity (Wildman–Crippen MR) is 118 cm³/mol. The smallest absolute Gasteiger partial charge is 0.264 e. The van der Waals surface area contributed by atoms with Gasteiger partial charge in [-0.1, -0.05) is 35.9 Å². The summed E-state index contributed by atoms with van der Waals surface area (Å²) in [4.78, 5) is 12.8. The lowest BCUT2D eigenvalue weighted by Crippen LogP contribution is -2.38. The summed E-state index contributed by atoms with van der Waals surface area (Å²) >= 11 is 0. The molecule has 3 rings (SSSR count). The van der Waals surface area contributed by atoms with Gasteiger partial charge in [0.1, 0.15) is 18.1 Å². The van der Waals surface area contributed by atoms with Crippen molar-refractivity contribution in [1.82, 2.24) is 0 Å². The normalized spacial score (nSPS) is 11.1. The Morgan fingerprint density at radius 3 is 2.29 bits per heavy atom. The molecule has 0 aliphatic heterocycles. The van der Waals surface area contributed by atoms with E-state index in [-0.39, 0.29) is 10.6 Å². The number of carbonyl (C=O) groups excluding carboxylic acids is 1. The first-order chi connectivity index (χ1) is 14.7. The van der Waals surface area contributed by atoms with E-state index in [2.05, 4.69) is 5.32 Å². The number of methoxy groups -OCH3 is 1. The van der Waals surface area contributed by atoms with Crippen molar-refractivity contribution < 1.29 is 22.3 Å². The molecule has 0 aromatic heterocycles. The van der Waals surface area contributed by atoms with Gasteiger partial charge in [0.05, 0.1) is 23.4 Å². The second kappa shape index (κ2) is 9.18. The first-order valence-electron chi connectivity index (χ1n) is 9.51. The Bertz CT molecular complexity index is 1190. The Morgan fingerprint density at radius 1 is 1.00 bits per heavy atom. The topological polar surface area (TPSA) is 75.7 Å². The van der Waals surface area contributed by atoms with E-state index in [1.807, 2.05) is 19.9 Å². The van der Waals surface area contributed by atoms with E-state index in [4.69, 9.17) is 4.74 Å². The molecule has 162 valence electrons. The molecule has 0 aliphatic carbocycles. The molecule has 0 bridgehead atoms. The van der Waals surface area contributed by atoms with E-state index in [1.165, 1.54) is 37.4 Å². The Kier molecular flexibility index (Phi) is 6.60. The number of hydrogen-bond donors (Lipinski definition) is 1. The summed E-state index contributed by atoms with van der Waals surface area (Å²) in [5.74, 6) is -0.959. The highest BCUT2D eigenvalue weighted by Gasteiger charge is 2.29. The van der Waals surface area contributed by atoms with Crippen LogP contribution in [0.25, 0.3) is 0 Å². The molecule has 0 heterocycles. The minimum Gasteiger partial charge on any atom is -0.495 e. The van der Waals surface area contributed by atoms with Crippen molar-refractivity contribution in [2.45, 2.75) is 18.7 Å². The van der Waals surface area contributed by atoms with Gasteiger partial charge in [0.15, 0.2) is 0 Å². The van der Waals surface area contributed by atoms with Crippen LogP contribution in [0.3, 0.4) is 0 Å². The molecule has 0 fully saturated rings. The summed E-state index contributed by atoms with van der Waals surface area (Å²) in [5, 5.41) is 2.66. The van der Waals surface area contributed by atoms with Crippen LogP contribution in [0.15, 0.2) is 71.6 Å². The maximum atomic E-state index is 14.5. The van der Waals surface area contributed by atoms with E-state index >= 15 is 0 Å². The average Bonchev–Trinajstić information content (AvgIpc) is 2.73. The Hall–Kier alpha value is -3.39. The summed E-state index contributed by atoms with van der Waals surface area (Å²) in [5.41, 5.74) is 1.94. The van der Waals surface area contributed by atoms with Gasteiger partial charge in [-0.3, -0.25) is 9.10 Å². The molecule has 0 atom stereocenters. The highest BCUT2D eigenvalue weighted by atomic mass is 32.2. The molecule has 8 heteroatoms. The minimum atomic E-state index is -4.20. The number of rotatable bonds is 7. The van der Waals surface area contributed by atoms with Gasteiger partial charge in [-0.15, -0.1) is 0 Å². The van der Waals surface area contributed by atoms with Gasteiger partial charge in [0.2, 0.25) is 5.91 Å². The number of benzene rings is 3. The maximum absolute atomic E-state index is 14.5. The van der Waals surface area contributed by atoms with Crippen LogP contribution in [0.4, 0.5) is 15.8 Å². The van der Waals surface area contributed by atoms with Gasteiger partial charge in [0.25, 0.3) is 10.0 Å². The second-order valence-electron chi connectivity index (χ2n) is 7.03. The molecule has 0 aliphatic rings. The first kappa shape index (κ1) is 22.3. The number of aryl methyl sites for hydroxylation is 2. The number of amides is 1. The third-order valence-corrected chi connectivity index (χ3v) is 6.42. The van der Waals surface area contributed by atoms with Crippen LogP contribution in [0.1, 0.15) is 11.1 Å². The molecule has 6 nitrogen and oxygen atoms in total. The fraction of sp³-hybridized carbons (Fsp3) is 0.174. The van der Waals surface area contributed by atoms with Crippen LogP contribution in [-0.2, 0) is 14.8 Å². The summed E-state index contributed by atoms with van der Waals surface area (Å²) in [6.07, 6.45) is 0. The highest BCUT2D eigenvalue weighted by Crippen LogP contribution is 2.28. The molecule has 0 spiro atoms. The lowest BCUT2D eigenvalue weighted by Gasteiger charge is -2.24. The van der Waals surface area contributed by atoms with E-state index < -0.39 is 28.3 Å². The summed E-state index contributed by atoms with van der Waals surface area (Å²) in [7, 11) is -2.74. The molecule has 0 saturated heterocycles.